The second kappa shape index (κ2) is 6.22. The monoisotopic (exact) mass is 299 g/mol. The van der Waals surface area contributed by atoms with E-state index in [0.717, 1.165) is 6.54 Å². The lowest BCUT2D eigenvalue weighted by atomic mass is 10.0. The maximum absolute atomic E-state index is 12.7. The van der Waals surface area contributed by atoms with Crippen LogP contribution in [-0.4, -0.2) is 53.2 Å². The lowest BCUT2D eigenvalue weighted by Crippen LogP contribution is -2.63. The molecule has 21 heavy (non-hydrogen) atoms. The Labute approximate surface area is 127 Å². The molecular weight excluding hydrogens is 270 g/mol. The van der Waals surface area contributed by atoms with E-state index in [-0.39, 0.29) is 18.0 Å². The van der Waals surface area contributed by atoms with Crippen LogP contribution in [0.4, 0.5) is 4.79 Å². The Balaban J connectivity index is 2.72. The quantitative estimate of drug-likeness (QED) is 0.810. The lowest BCUT2D eigenvalue weighted by Gasteiger charge is -2.41. The first kappa shape index (κ1) is 17.8. The minimum absolute atomic E-state index is 0.0887. The maximum Gasteiger partial charge on any atom is 0.408 e. The summed E-state index contributed by atoms with van der Waals surface area (Å²) in [5.41, 5.74) is -1.58. The molecule has 0 unspecified atom stereocenters. The van der Waals surface area contributed by atoms with Gasteiger partial charge in [0.05, 0.1) is 0 Å². The summed E-state index contributed by atoms with van der Waals surface area (Å²) in [5.74, 6) is -0.0887. The van der Waals surface area contributed by atoms with E-state index in [0.29, 0.717) is 6.54 Å². The molecule has 0 saturated carbocycles. The third-order valence-corrected chi connectivity index (χ3v) is 3.37. The summed E-state index contributed by atoms with van der Waals surface area (Å²) < 4.78 is 5.23. The predicted octanol–water partition coefficient (Wildman–Crippen LogP) is 1.50. The van der Waals surface area contributed by atoms with E-state index >= 15 is 0 Å². The Morgan fingerprint density at radius 1 is 1.19 bits per heavy atom. The van der Waals surface area contributed by atoms with Crippen molar-refractivity contribution in [3.05, 3.63) is 0 Å². The molecule has 1 aliphatic heterocycles. The normalized spacial score (nSPS) is 23.7. The van der Waals surface area contributed by atoms with Gasteiger partial charge in [-0.2, -0.15) is 0 Å². The lowest BCUT2D eigenvalue weighted by molar-refractivity contribution is -0.140. The SMILES string of the molecule is C[C@@H]1CN(C(=O)C(C)(C)NC(=O)OC(C)(C)C)[C@H](C)CN1. The smallest absolute Gasteiger partial charge is 0.408 e. The van der Waals surface area contributed by atoms with Crippen molar-refractivity contribution in [2.75, 3.05) is 13.1 Å². The van der Waals surface area contributed by atoms with Gasteiger partial charge < -0.3 is 20.3 Å². The van der Waals surface area contributed by atoms with E-state index < -0.39 is 17.2 Å². The Bertz CT molecular complexity index is 401. The van der Waals surface area contributed by atoms with Crippen molar-refractivity contribution in [1.82, 2.24) is 15.5 Å². The molecule has 6 heteroatoms. The summed E-state index contributed by atoms with van der Waals surface area (Å²) >= 11 is 0. The Hall–Kier alpha value is -1.30. The number of piperazine rings is 1. The van der Waals surface area contributed by atoms with Crippen molar-refractivity contribution >= 4 is 12.0 Å². The molecule has 1 fully saturated rings. The van der Waals surface area contributed by atoms with Crippen LogP contribution < -0.4 is 10.6 Å². The highest BCUT2D eigenvalue weighted by Crippen LogP contribution is 2.16. The number of carbonyl (C=O) groups is 2. The molecule has 0 aromatic heterocycles. The van der Waals surface area contributed by atoms with Gasteiger partial charge in [-0.05, 0) is 48.5 Å². The number of hydrogen-bond donors (Lipinski definition) is 2. The average molecular weight is 299 g/mol. The van der Waals surface area contributed by atoms with Crippen LogP contribution in [0.25, 0.3) is 0 Å². The molecule has 0 aromatic rings. The number of nitrogens with zero attached hydrogens (tertiary/aromatic N) is 1. The molecule has 1 rings (SSSR count). The zero-order chi connectivity index (χ0) is 16.4. The van der Waals surface area contributed by atoms with E-state index in [4.69, 9.17) is 4.74 Å². The summed E-state index contributed by atoms with van der Waals surface area (Å²) in [4.78, 5) is 26.4. The molecule has 2 atom stereocenters. The van der Waals surface area contributed by atoms with Crippen LogP contribution in [0, 0.1) is 0 Å². The molecule has 0 aromatic carbocycles. The van der Waals surface area contributed by atoms with Gasteiger partial charge in [0.1, 0.15) is 11.1 Å². The van der Waals surface area contributed by atoms with Gasteiger partial charge >= 0.3 is 6.09 Å². The van der Waals surface area contributed by atoms with Gasteiger partial charge in [0.25, 0.3) is 0 Å². The Kier molecular flexibility index (Phi) is 5.25. The van der Waals surface area contributed by atoms with Crippen LogP contribution in [0.3, 0.4) is 0 Å². The number of rotatable bonds is 2. The second-order valence-corrected chi connectivity index (χ2v) is 7.37. The zero-order valence-corrected chi connectivity index (χ0v) is 14.2. The summed E-state index contributed by atoms with van der Waals surface area (Å²) in [5, 5.41) is 6.01. The minimum atomic E-state index is -0.992. The molecule has 2 amide bonds. The van der Waals surface area contributed by atoms with Gasteiger partial charge in [-0.25, -0.2) is 4.79 Å². The number of hydrogen-bond acceptors (Lipinski definition) is 4. The molecule has 0 spiro atoms. The van der Waals surface area contributed by atoms with E-state index in [2.05, 4.69) is 10.6 Å². The number of nitrogens with one attached hydrogen (secondary N) is 2. The summed E-state index contributed by atoms with van der Waals surface area (Å²) in [7, 11) is 0. The molecule has 6 nitrogen and oxygen atoms in total. The van der Waals surface area contributed by atoms with Crippen LogP contribution in [0.1, 0.15) is 48.5 Å². The van der Waals surface area contributed by atoms with Crippen molar-refractivity contribution in [2.45, 2.75) is 71.7 Å². The highest BCUT2D eigenvalue weighted by atomic mass is 16.6. The zero-order valence-electron chi connectivity index (χ0n) is 14.2. The van der Waals surface area contributed by atoms with Crippen molar-refractivity contribution in [1.29, 1.82) is 0 Å². The fourth-order valence-corrected chi connectivity index (χ4v) is 2.28. The van der Waals surface area contributed by atoms with Crippen LogP contribution in [0.5, 0.6) is 0 Å². The van der Waals surface area contributed by atoms with Gasteiger partial charge in [-0.15, -0.1) is 0 Å². The van der Waals surface area contributed by atoms with Gasteiger partial charge in [-0.3, -0.25) is 4.79 Å². The van der Waals surface area contributed by atoms with E-state index in [1.54, 1.807) is 34.6 Å². The third kappa shape index (κ3) is 5.19. The summed E-state index contributed by atoms with van der Waals surface area (Å²) in [6.07, 6.45) is -0.573. The molecule has 1 aliphatic rings. The highest BCUT2D eigenvalue weighted by molar-refractivity contribution is 5.89. The van der Waals surface area contributed by atoms with Crippen molar-refractivity contribution in [2.24, 2.45) is 0 Å². The summed E-state index contributed by atoms with van der Waals surface area (Å²) in [6, 6.07) is 0.357. The topological polar surface area (TPSA) is 70.7 Å². The summed E-state index contributed by atoms with van der Waals surface area (Å²) in [6.45, 7) is 14.2. The molecule has 0 aliphatic carbocycles. The van der Waals surface area contributed by atoms with Crippen LogP contribution in [0.15, 0.2) is 0 Å². The largest absolute Gasteiger partial charge is 0.444 e. The molecule has 2 N–H and O–H groups in total. The predicted molar refractivity (Wildman–Crippen MR) is 82.1 cm³/mol. The first-order valence-corrected chi connectivity index (χ1v) is 7.48. The maximum atomic E-state index is 12.7. The fourth-order valence-electron chi connectivity index (χ4n) is 2.28. The van der Waals surface area contributed by atoms with E-state index in [1.165, 1.54) is 0 Å². The molecule has 0 bridgehead atoms. The Morgan fingerprint density at radius 3 is 2.29 bits per heavy atom. The fraction of sp³-hybridized carbons (Fsp3) is 0.867. The minimum Gasteiger partial charge on any atom is -0.444 e. The van der Waals surface area contributed by atoms with Gasteiger partial charge in [0, 0.05) is 25.2 Å². The van der Waals surface area contributed by atoms with Gasteiger partial charge in [-0.1, -0.05) is 0 Å². The van der Waals surface area contributed by atoms with E-state index in [9.17, 15) is 9.59 Å². The van der Waals surface area contributed by atoms with Crippen molar-refractivity contribution in [3.63, 3.8) is 0 Å². The number of carbonyl (C=O) groups excluding carboxylic acids is 2. The van der Waals surface area contributed by atoms with Crippen LogP contribution >= 0.6 is 0 Å². The second-order valence-electron chi connectivity index (χ2n) is 7.37. The first-order chi connectivity index (χ1) is 9.42. The van der Waals surface area contributed by atoms with E-state index in [1.807, 2.05) is 18.7 Å². The highest BCUT2D eigenvalue weighted by Gasteiger charge is 2.38. The molecule has 1 heterocycles. The average Bonchev–Trinajstić information content (AvgIpc) is 2.28. The Morgan fingerprint density at radius 2 is 1.76 bits per heavy atom. The number of ether oxygens (including phenoxy) is 1. The van der Waals surface area contributed by atoms with Crippen LogP contribution in [-0.2, 0) is 9.53 Å². The third-order valence-electron chi connectivity index (χ3n) is 3.37. The molecule has 1 saturated heterocycles. The molecule has 122 valence electrons. The van der Waals surface area contributed by atoms with Crippen molar-refractivity contribution in [3.8, 4) is 0 Å². The number of alkyl carbamates (subject to hydrolysis) is 1. The molecular formula is C15H29N3O3. The van der Waals surface area contributed by atoms with Gasteiger partial charge in [0.2, 0.25) is 5.91 Å². The first-order valence-electron chi connectivity index (χ1n) is 7.48. The molecule has 0 radical (unpaired) electrons. The number of amides is 2. The standard InChI is InChI=1S/C15H29N3O3/c1-10-9-18(11(2)8-16-10)12(19)15(6,7)17-13(20)21-14(3,4)5/h10-11,16H,8-9H2,1-7H3,(H,17,20)/t10-,11-/m1/s1. The van der Waals surface area contributed by atoms with Crippen molar-refractivity contribution < 1.29 is 14.3 Å². The van der Waals surface area contributed by atoms with Crippen LogP contribution in [0.2, 0.25) is 0 Å². The van der Waals surface area contributed by atoms with Gasteiger partial charge in [0.15, 0.2) is 0 Å².